The Morgan fingerprint density at radius 3 is 2.60 bits per heavy atom. The van der Waals surface area contributed by atoms with Gasteiger partial charge in [0, 0.05) is 24.9 Å². The zero-order valence-electron chi connectivity index (χ0n) is 19.6. The minimum Gasteiger partial charge on any atom is -0.335 e. The first kappa shape index (κ1) is 22.6. The SMILES string of the molecule is CCC(c1ncc(F)cn1)N(C)c1nc2c(c(C#N)nn2C(C)c2ccc(C3CC3)nc2)c(=O)[nH]1. The van der Waals surface area contributed by atoms with E-state index in [1.165, 1.54) is 12.8 Å². The lowest BCUT2D eigenvalue weighted by atomic mass is 10.1. The molecule has 0 saturated heterocycles. The number of fused-ring (bicyclic) bond motifs is 1. The molecule has 2 atom stereocenters. The van der Waals surface area contributed by atoms with E-state index in [9.17, 15) is 14.4 Å². The van der Waals surface area contributed by atoms with Crippen molar-refractivity contribution in [1.29, 1.82) is 5.26 Å². The van der Waals surface area contributed by atoms with Gasteiger partial charge in [-0.15, -0.1) is 0 Å². The lowest BCUT2D eigenvalue weighted by Crippen LogP contribution is -2.29. The highest BCUT2D eigenvalue weighted by Crippen LogP contribution is 2.39. The van der Waals surface area contributed by atoms with E-state index in [-0.39, 0.29) is 29.1 Å². The maximum absolute atomic E-state index is 13.3. The van der Waals surface area contributed by atoms with Crippen LogP contribution in [0.1, 0.15) is 73.9 Å². The van der Waals surface area contributed by atoms with Gasteiger partial charge < -0.3 is 4.90 Å². The van der Waals surface area contributed by atoms with Crippen LogP contribution in [0.15, 0.2) is 35.5 Å². The van der Waals surface area contributed by atoms with Crippen molar-refractivity contribution in [3.8, 4) is 6.07 Å². The van der Waals surface area contributed by atoms with Crippen molar-refractivity contribution in [3.63, 3.8) is 0 Å². The second-order valence-corrected chi connectivity index (χ2v) is 8.75. The fourth-order valence-electron chi connectivity index (χ4n) is 4.25. The number of nitrogens with zero attached hydrogens (tertiary/aromatic N) is 8. The van der Waals surface area contributed by atoms with Crippen molar-refractivity contribution in [2.75, 3.05) is 11.9 Å². The normalized spacial score (nSPS) is 15.1. The summed E-state index contributed by atoms with van der Waals surface area (Å²) in [5, 5.41) is 14.2. The Kier molecular flexibility index (Phi) is 5.72. The van der Waals surface area contributed by atoms with Crippen LogP contribution in [-0.4, -0.2) is 41.7 Å². The summed E-state index contributed by atoms with van der Waals surface area (Å²) in [6.07, 6.45) is 6.95. The lowest BCUT2D eigenvalue weighted by molar-refractivity contribution is 0.564. The number of aromatic nitrogens is 7. The van der Waals surface area contributed by atoms with Crippen molar-refractivity contribution in [3.05, 3.63) is 69.7 Å². The van der Waals surface area contributed by atoms with Crippen LogP contribution in [0.5, 0.6) is 0 Å². The Morgan fingerprint density at radius 2 is 2.00 bits per heavy atom. The van der Waals surface area contributed by atoms with E-state index in [0.717, 1.165) is 23.7 Å². The van der Waals surface area contributed by atoms with Gasteiger partial charge in [-0.25, -0.2) is 19.0 Å². The van der Waals surface area contributed by atoms with Gasteiger partial charge in [-0.05, 0) is 37.8 Å². The zero-order chi connectivity index (χ0) is 24.7. The molecule has 2 unspecified atom stereocenters. The molecule has 0 radical (unpaired) electrons. The summed E-state index contributed by atoms with van der Waals surface area (Å²) >= 11 is 0. The van der Waals surface area contributed by atoms with Crippen molar-refractivity contribution in [1.82, 2.24) is 34.7 Å². The quantitative estimate of drug-likeness (QED) is 0.432. The molecule has 4 heterocycles. The van der Waals surface area contributed by atoms with Crippen LogP contribution in [-0.2, 0) is 0 Å². The van der Waals surface area contributed by atoms with Crippen LogP contribution in [0.2, 0.25) is 0 Å². The number of hydrogen-bond donors (Lipinski definition) is 1. The molecule has 11 heteroatoms. The third-order valence-electron chi connectivity index (χ3n) is 6.44. The number of nitrogens with one attached hydrogen (secondary N) is 1. The summed E-state index contributed by atoms with van der Waals surface area (Å²) < 4.78 is 14.9. The Hall–Kier alpha value is -4.20. The van der Waals surface area contributed by atoms with Crippen LogP contribution < -0.4 is 10.5 Å². The highest BCUT2D eigenvalue weighted by Gasteiger charge is 2.27. The molecule has 0 bridgehead atoms. The molecule has 1 aliphatic rings. The molecule has 35 heavy (non-hydrogen) atoms. The van der Waals surface area contributed by atoms with Gasteiger partial charge in [0.15, 0.2) is 23.0 Å². The maximum Gasteiger partial charge on any atom is 0.264 e. The average molecular weight is 474 g/mol. The van der Waals surface area contributed by atoms with Gasteiger partial charge >= 0.3 is 0 Å². The van der Waals surface area contributed by atoms with E-state index in [1.807, 2.05) is 38.2 Å². The van der Waals surface area contributed by atoms with E-state index < -0.39 is 11.4 Å². The van der Waals surface area contributed by atoms with E-state index in [1.54, 1.807) is 16.6 Å². The number of anilines is 1. The van der Waals surface area contributed by atoms with E-state index >= 15 is 0 Å². The Morgan fingerprint density at radius 1 is 1.26 bits per heavy atom. The molecular weight excluding hydrogens is 449 g/mol. The third kappa shape index (κ3) is 4.12. The summed E-state index contributed by atoms with van der Waals surface area (Å²) in [6, 6.07) is 5.36. The predicted octanol–water partition coefficient (Wildman–Crippen LogP) is 3.39. The Labute approximate surface area is 200 Å². The fourth-order valence-corrected chi connectivity index (χ4v) is 4.25. The first-order valence-electron chi connectivity index (χ1n) is 11.5. The van der Waals surface area contributed by atoms with Gasteiger partial charge in [0.2, 0.25) is 5.95 Å². The van der Waals surface area contributed by atoms with E-state index in [2.05, 4.69) is 30.0 Å². The van der Waals surface area contributed by atoms with Crippen molar-refractivity contribution in [2.24, 2.45) is 0 Å². The van der Waals surface area contributed by atoms with Crippen molar-refractivity contribution in [2.45, 2.75) is 51.1 Å². The molecule has 4 aromatic rings. The molecular formula is C24H24FN9O. The number of aromatic amines is 1. The second kappa shape index (κ2) is 8.87. The minimum atomic E-state index is -0.527. The van der Waals surface area contributed by atoms with Gasteiger partial charge in [0.1, 0.15) is 11.5 Å². The van der Waals surface area contributed by atoms with Crippen LogP contribution in [0, 0.1) is 17.1 Å². The standard InChI is InChI=1S/C24H24FN9O/c1-4-19(21-28-11-16(25)12-29-21)33(3)24-30-22-20(23(35)31-24)18(9-26)32-34(22)13(2)15-7-8-17(27-10-15)14-5-6-14/h7-8,10-14,19H,4-6H2,1-3H3,(H,30,31,35). The van der Waals surface area contributed by atoms with Gasteiger partial charge in [0.25, 0.3) is 5.56 Å². The zero-order valence-corrected chi connectivity index (χ0v) is 19.6. The van der Waals surface area contributed by atoms with E-state index in [4.69, 9.17) is 0 Å². The van der Waals surface area contributed by atoms with Crippen LogP contribution >= 0.6 is 0 Å². The maximum atomic E-state index is 13.3. The van der Waals surface area contributed by atoms with Crippen molar-refractivity contribution < 1.29 is 4.39 Å². The molecule has 1 saturated carbocycles. The Bertz CT molecular complexity index is 1470. The molecule has 10 nitrogen and oxygen atoms in total. The summed E-state index contributed by atoms with van der Waals surface area (Å²) in [5.74, 6) is 0.689. The fraction of sp³-hybridized carbons (Fsp3) is 0.375. The molecule has 0 spiro atoms. The molecule has 0 amide bonds. The van der Waals surface area contributed by atoms with Gasteiger partial charge in [-0.2, -0.15) is 15.3 Å². The summed E-state index contributed by atoms with van der Waals surface area (Å²) in [4.78, 5) is 35.0. The molecule has 1 fully saturated rings. The highest BCUT2D eigenvalue weighted by molar-refractivity contribution is 5.81. The number of rotatable bonds is 7. The molecule has 4 aromatic heterocycles. The molecule has 0 aliphatic heterocycles. The van der Waals surface area contributed by atoms with E-state index in [0.29, 0.717) is 23.8 Å². The predicted molar refractivity (Wildman–Crippen MR) is 126 cm³/mol. The van der Waals surface area contributed by atoms with Crippen LogP contribution in [0.4, 0.5) is 10.3 Å². The first-order chi connectivity index (χ1) is 16.9. The first-order valence-corrected chi connectivity index (χ1v) is 11.5. The monoisotopic (exact) mass is 473 g/mol. The molecule has 178 valence electrons. The molecule has 5 rings (SSSR count). The number of hydrogen-bond acceptors (Lipinski definition) is 8. The van der Waals surface area contributed by atoms with Crippen LogP contribution in [0.3, 0.4) is 0 Å². The summed E-state index contributed by atoms with van der Waals surface area (Å²) in [7, 11) is 1.75. The van der Waals surface area contributed by atoms with Crippen molar-refractivity contribution >= 4 is 17.0 Å². The number of nitriles is 1. The molecule has 1 aliphatic carbocycles. The summed E-state index contributed by atoms with van der Waals surface area (Å²) in [6.45, 7) is 3.86. The topological polar surface area (TPSA) is 129 Å². The third-order valence-corrected chi connectivity index (χ3v) is 6.44. The highest BCUT2D eigenvalue weighted by atomic mass is 19.1. The van der Waals surface area contributed by atoms with Gasteiger partial charge in [-0.3, -0.25) is 14.8 Å². The van der Waals surface area contributed by atoms with Crippen LogP contribution in [0.25, 0.3) is 11.0 Å². The number of halogens is 1. The molecule has 0 aromatic carbocycles. The van der Waals surface area contributed by atoms with Gasteiger partial charge in [-0.1, -0.05) is 13.0 Å². The average Bonchev–Trinajstić information content (AvgIpc) is 3.65. The number of pyridine rings is 1. The lowest BCUT2D eigenvalue weighted by Gasteiger charge is -2.26. The molecule has 1 N–H and O–H groups in total. The Balaban J connectivity index is 1.57. The number of H-pyrrole nitrogens is 1. The summed E-state index contributed by atoms with van der Waals surface area (Å²) in [5.41, 5.74) is 1.80. The smallest absolute Gasteiger partial charge is 0.264 e. The minimum absolute atomic E-state index is 0.00581. The van der Waals surface area contributed by atoms with Gasteiger partial charge in [0.05, 0.1) is 24.5 Å². The second-order valence-electron chi connectivity index (χ2n) is 8.75. The largest absolute Gasteiger partial charge is 0.335 e.